The van der Waals surface area contributed by atoms with Gasteiger partial charge in [-0.25, -0.2) is 8.42 Å². The summed E-state index contributed by atoms with van der Waals surface area (Å²) in [5, 5.41) is 2.97. The maximum Gasteiger partial charge on any atom is 0.264 e. The Balaban J connectivity index is 1.81. The molecule has 7 nitrogen and oxygen atoms in total. The van der Waals surface area contributed by atoms with Crippen molar-refractivity contribution in [3.63, 3.8) is 0 Å². The van der Waals surface area contributed by atoms with E-state index in [1.54, 1.807) is 36.4 Å². The van der Waals surface area contributed by atoms with E-state index >= 15 is 0 Å². The van der Waals surface area contributed by atoms with E-state index in [1.807, 2.05) is 93.6 Å². The van der Waals surface area contributed by atoms with Crippen LogP contribution in [0, 0.1) is 6.92 Å². The van der Waals surface area contributed by atoms with Gasteiger partial charge in [-0.3, -0.25) is 13.9 Å². The number of aryl methyl sites for hydroxylation is 2. The molecule has 44 heavy (non-hydrogen) atoms. The highest BCUT2D eigenvalue weighted by Gasteiger charge is 2.35. The minimum Gasteiger partial charge on any atom is -0.354 e. The molecule has 4 rings (SSSR count). The first-order valence-corrected chi connectivity index (χ1v) is 16.5. The summed E-state index contributed by atoms with van der Waals surface area (Å²) in [6.45, 7) is 5.96. The molecule has 0 fully saturated rings. The number of carbonyl (C=O) groups excluding carboxylic acids is 2. The first kappa shape index (κ1) is 32.5. The third-order valence-electron chi connectivity index (χ3n) is 7.55. The molecule has 4 aromatic rings. The smallest absolute Gasteiger partial charge is 0.264 e. The second-order valence-electron chi connectivity index (χ2n) is 10.8. The van der Waals surface area contributed by atoms with Crippen molar-refractivity contribution < 1.29 is 18.0 Å². The molecule has 1 unspecified atom stereocenters. The predicted molar refractivity (Wildman–Crippen MR) is 176 cm³/mol. The summed E-state index contributed by atoms with van der Waals surface area (Å²) < 4.78 is 29.7. The average molecular weight is 612 g/mol. The third kappa shape index (κ3) is 8.14. The van der Waals surface area contributed by atoms with Crippen molar-refractivity contribution in [1.82, 2.24) is 10.2 Å². The standard InChI is InChI=1S/C36H41N3O4S/c1-4-24-37-36(41)34(25-29-14-8-6-9-15-29)38(26-30-16-10-7-11-17-30)35(40)27-39(33-19-13-12-18-31(33)5-2)44(42,43)32-22-20-28(3)21-23-32/h6-23,34H,4-5,24-27H2,1-3H3,(H,37,41). The second-order valence-corrected chi connectivity index (χ2v) is 12.7. The lowest BCUT2D eigenvalue weighted by Gasteiger charge is -2.34. The molecule has 0 bridgehead atoms. The molecular weight excluding hydrogens is 570 g/mol. The van der Waals surface area contributed by atoms with Crippen molar-refractivity contribution >= 4 is 27.5 Å². The summed E-state index contributed by atoms with van der Waals surface area (Å²) in [4.78, 5) is 29.8. The molecule has 8 heteroatoms. The number of nitrogens with one attached hydrogen (secondary N) is 1. The number of carbonyl (C=O) groups is 2. The number of amides is 2. The fourth-order valence-corrected chi connectivity index (χ4v) is 6.56. The Morgan fingerprint density at radius 1 is 0.773 bits per heavy atom. The number of nitrogens with zero attached hydrogens (tertiary/aromatic N) is 2. The highest BCUT2D eigenvalue weighted by molar-refractivity contribution is 7.92. The third-order valence-corrected chi connectivity index (χ3v) is 9.32. The summed E-state index contributed by atoms with van der Waals surface area (Å²) in [5.74, 6) is -0.745. The molecule has 2 amide bonds. The van der Waals surface area contributed by atoms with Gasteiger partial charge in [-0.15, -0.1) is 0 Å². The van der Waals surface area contributed by atoms with Crippen LogP contribution in [0.15, 0.2) is 114 Å². The Hall–Kier alpha value is -4.43. The van der Waals surface area contributed by atoms with Crippen LogP contribution in [0.3, 0.4) is 0 Å². The van der Waals surface area contributed by atoms with Crippen LogP contribution in [0.5, 0.6) is 0 Å². The van der Waals surface area contributed by atoms with E-state index in [0.717, 1.165) is 28.7 Å². The SMILES string of the molecule is CCCNC(=O)C(Cc1ccccc1)N(Cc1ccccc1)C(=O)CN(c1ccccc1CC)S(=O)(=O)c1ccc(C)cc1. The molecule has 0 saturated heterocycles. The molecule has 0 spiro atoms. The van der Waals surface area contributed by atoms with Gasteiger partial charge in [0.1, 0.15) is 12.6 Å². The quantitative estimate of drug-likeness (QED) is 0.192. The van der Waals surface area contributed by atoms with E-state index in [4.69, 9.17) is 0 Å². The van der Waals surface area contributed by atoms with E-state index in [0.29, 0.717) is 18.7 Å². The zero-order chi connectivity index (χ0) is 31.5. The van der Waals surface area contributed by atoms with Crippen molar-refractivity contribution in [2.45, 2.75) is 57.5 Å². The Bertz CT molecular complexity index is 1630. The molecule has 1 N–H and O–H groups in total. The highest BCUT2D eigenvalue weighted by Crippen LogP contribution is 2.28. The molecule has 0 radical (unpaired) electrons. The number of hydrogen-bond donors (Lipinski definition) is 1. The van der Waals surface area contributed by atoms with Crippen LogP contribution in [-0.4, -0.2) is 44.3 Å². The van der Waals surface area contributed by atoms with Crippen LogP contribution in [0.1, 0.15) is 42.5 Å². The number of anilines is 1. The lowest BCUT2D eigenvalue weighted by atomic mass is 10.0. The molecule has 0 heterocycles. The zero-order valence-electron chi connectivity index (χ0n) is 25.6. The molecule has 230 valence electrons. The summed E-state index contributed by atoms with van der Waals surface area (Å²) in [6.07, 6.45) is 1.60. The first-order valence-electron chi connectivity index (χ1n) is 15.1. The monoisotopic (exact) mass is 611 g/mol. The van der Waals surface area contributed by atoms with Crippen LogP contribution < -0.4 is 9.62 Å². The topological polar surface area (TPSA) is 86.8 Å². The van der Waals surface area contributed by atoms with Gasteiger partial charge >= 0.3 is 0 Å². The largest absolute Gasteiger partial charge is 0.354 e. The molecule has 0 aliphatic carbocycles. The molecule has 0 aromatic heterocycles. The van der Waals surface area contributed by atoms with Crippen LogP contribution >= 0.6 is 0 Å². The van der Waals surface area contributed by atoms with Gasteiger partial charge in [0.05, 0.1) is 10.6 Å². The van der Waals surface area contributed by atoms with Gasteiger partial charge in [0.15, 0.2) is 0 Å². The van der Waals surface area contributed by atoms with Crippen molar-refractivity contribution in [2.75, 3.05) is 17.4 Å². The maximum atomic E-state index is 14.5. The van der Waals surface area contributed by atoms with Gasteiger partial charge in [0.25, 0.3) is 10.0 Å². The Kier molecular flexibility index (Phi) is 11.3. The Morgan fingerprint density at radius 3 is 1.98 bits per heavy atom. The Labute approximate surface area is 261 Å². The minimum absolute atomic E-state index is 0.0953. The fourth-order valence-electron chi connectivity index (χ4n) is 5.10. The summed E-state index contributed by atoms with van der Waals surface area (Å²) in [5.41, 5.74) is 3.90. The number of para-hydroxylation sites is 1. The Morgan fingerprint density at radius 2 is 1.36 bits per heavy atom. The fraction of sp³-hybridized carbons (Fsp3) is 0.278. The molecule has 4 aromatic carbocycles. The van der Waals surface area contributed by atoms with Gasteiger partial charge < -0.3 is 10.2 Å². The van der Waals surface area contributed by atoms with Crippen LogP contribution in [0.4, 0.5) is 5.69 Å². The van der Waals surface area contributed by atoms with Gasteiger partial charge in [-0.05, 0) is 54.7 Å². The number of rotatable bonds is 14. The molecule has 0 aliphatic rings. The molecule has 1 atom stereocenters. The van der Waals surface area contributed by atoms with Crippen LogP contribution in [-0.2, 0) is 39.0 Å². The zero-order valence-corrected chi connectivity index (χ0v) is 26.5. The summed E-state index contributed by atoms with van der Waals surface area (Å²) in [6, 6.07) is 32.0. The lowest BCUT2D eigenvalue weighted by molar-refractivity contribution is -0.140. The van der Waals surface area contributed by atoms with Gasteiger partial charge in [0.2, 0.25) is 11.8 Å². The number of hydrogen-bond acceptors (Lipinski definition) is 4. The van der Waals surface area contributed by atoms with Crippen LogP contribution in [0.2, 0.25) is 0 Å². The van der Waals surface area contributed by atoms with Gasteiger partial charge in [-0.1, -0.05) is 110 Å². The van der Waals surface area contributed by atoms with Crippen molar-refractivity contribution in [3.8, 4) is 0 Å². The van der Waals surface area contributed by atoms with E-state index in [2.05, 4.69) is 5.32 Å². The average Bonchev–Trinajstić information content (AvgIpc) is 3.05. The number of sulfonamides is 1. The normalized spacial score (nSPS) is 11.9. The van der Waals surface area contributed by atoms with E-state index in [1.165, 1.54) is 9.21 Å². The summed E-state index contributed by atoms with van der Waals surface area (Å²) in [7, 11) is -4.14. The van der Waals surface area contributed by atoms with E-state index < -0.39 is 28.5 Å². The number of benzene rings is 4. The van der Waals surface area contributed by atoms with Crippen molar-refractivity contribution in [2.24, 2.45) is 0 Å². The highest BCUT2D eigenvalue weighted by atomic mass is 32.2. The van der Waals surface area contributed by atoms with E-state index in [9.17, 15) is 18.0 Å². The van der Waals surface area contributed by atoms with Gasteiger partial charge in [-0.2, -0.15) is 0 Å². The van der Waals surface area contributed by atoms with Crippen molar-refractivity contribution in [3.05, 3.63) is 131 Å². The lowest BCUT2D eigenvalue weighted by Crippen LogP contribution is -2.53. The minimum atomic E-state index is -4.14. The van der Waals surface area contributed by atoms with Gasteiger partial charge in [0, 0.05) is 19.5 Å². The molecule has 0 saturated carbocycles. The molecular formula is C36H41N3O4S. The maximum absolute atomic E-state index is 14.5. The molecule has 0 aliphatic heterocycles. The van der Waals surface area contributed by atoms with Crippen molar-refractivity contribution in [1.29, 1.82) is 0 Å². The van der Waals surface area contributed by atoms with Crippen LogP contribution in [0.25, 0.3) is 0 Å². The second kappa shape index (κ2) is 15.3. The predicted octanol–water partition coefficient (Wildman–Crippen LogP) is 5.92. The first-order chi connectivity index (χ1) is 21.2. The summed E-state index contributed by atoms with van der Waals surface area (Å²) >= 11 is 0. The van der Waals surface area contributed by atoms with E-state index in [-0.39, 0.29) is 23.8 Å².